The van der Waals surface area contributed by atoms with Crippen molar-refractivity contribution < 1.29 is 14.6 Å². The molecule has 2 atom stereocenters. The average molecular weight is 354 g/mol. The summed E-state index contributed by atoms with van der Waals surface area (Å²) in [6.07, 6.45) is -0.216. The Labute approximate surface area is 154 Å². The second kappa shape index (κ2) is 8.34. The summed E-state index contributed by atoms with van der Waals surface area (Å²) in [5.41, 5.74) is 3.04. The second-order valence-electron chi connectivity index (χ2n) is 6.95. The van der Waals surface area contributed by atoms with Crippen LogP contribution in [0.5, 0.6) is 0 Å². The van der Waals surface area contributed by atoms with Gasteiger partial charge in [-0.05, 0) is 37.5 Å². The van der Waals surface area contributed by atoms with Crippen LogP contribution in [-0.4, -0.2) is 47.4 Å². The Bertz CT molecular complexity index is 733. The van der Waals surface area contributed by atoms with E-state index in [0.29, 0.717) is 6.54 Å². The number of hydrogen-bond donors (Lipinski definition) is 2. The van der Waals surface area contributed by atoms with Crippen molar-refractivity contribution in [2.24, 2.45) is 0 Å². The number of nitrogens with zero attached hydrogens (tertiary/aromatic N) is 1. The van der Waals surface area contributed by atoms with Gasteiger partial charge in [-0.2, -0.15) is 0 Å². The maximum Gasteiger partial charge on any atom is 0.322 e. The van der Waals surface area contributed by atoms with Gasteiger partial charge in [-0.25, -0.2) is 4.79 Å². The maximum atomic E-state index is 12.6. The summed E-state index contributed by atoms with van der Waals surface area (Å²) < 4.78 is 5.69. The van der Waals surface area contributed by atoms with Crippen LogP contribution in [-0.2, 0) is 11.2 Å². The van der Waals surface area contributed by atoms with Crippen LogP contribution < -0.4 is 5.32 Å². The van der Waals surface area contributed by atoms with Crippen molar-refractivity contribution in [1.82, 2.24) is 4.90 Å². The predicted octanol–water partition coefficient (Wildman–Crippen LogP) is 3.28. The third-order valence-electron chi connectivity index (χ3n) is 4.47. The monoisotopic (exact) mass is 354 g/mol. The van der Waals surface area contributed by atoms with E-state index in [9.17, 15) is 9.90 Å². The molecule has 2 aromatic carbocycles. The topological polar surface area (TPSA) is 61.8 Å². The number of β-amino-alcohol motifs (C(OH)–C–C–N with tert-alkyl or cyclic N) is 1. The van der Waals surface area contributed by atoms with Gasteiger partial charge in [0.15, 0.2) is 0 Å². The van der Waals surface area contributed by atoms with Gasteiger partial charge in [0.05, 0.1) is 25.3 Å². The molecule has 1 fully saturated rings. The summed E-state index contributed by atoms with van der Waals surface area (Å²) in [4.78, 5) is 14.3. The Morgan fingerprint density at radius 1 is 1.15 bits per heavy atom. The van der Waals surface area contributed by atoms with Crippen LogP contribution >= 0.6 is 0 Å². The number of ether oxygens (including phenoxy) is 1. The fourth-order valence-corrected chi connectivity index (χ4v) is 3.21. The zero-order valence-electron chi connectivity index (χ0n) is 15.3. The molecule has 1 aliphatic rings. The minimum Gasteiger partial charge on any atom is -0.388 e. The van der Waals surface area contributed by atoms with Gasteiger partial charge in [0.2, 0.25) is 0 Å². The maximum absolute atomic E-state index is 12.6. The molecule has 0 spiro atoms. The summed E-state index contributed by atoms with van der Waals surface area (Å²) in [6, 6.07) is 17.8. The standard InChI is InChI=1S/C21H26N2O3/c1-15(2)26-20-14-23(13-19(20)24)21(25)22-18-11-7-6-10-17(18)12-16-8-4-3-5-9-16/h3-11,15,19-20,24H,12-14H2,1-2H3,(H,22,25)/t19-,20-/m0/s1. The van der Waals surface area contributed by atoms with Gasteiger partial charge >= 0.3 is 6.03 Å². The number of carbonyl (C=O) groups is 1. The molecule has 0 aliphatic carbocycles. The van der Waals surface area contributed by atoms with Crippen molar-refractivity contribution in [1.29, 1.82) is 0 Å². The van der Waals surface area contributed by atoms with Gasteiger partial charge in [0.25, 0.3) is 0 Å². The molecule has 0 aromatic heterocycles. The highest BCUT2D eigenvalue weighted by atomic mass is 16.5. The summed E-state index contributed by atoms with van der Waals surface area (Å²) in [5.74, 6) is 0. The van der Waals surface area contributed by atoms with E-state index in [1.165, 1.54) is 5.56 Å². The van der Waals surface area contributed by atoms with Crippen LogP contribution in [0.15, 0.2) is 54.6 Å². The summed E-state index contributed by atoms with van der Waals surface area (Å²) in [7, 11) is 0. The van der Waals surface area contributed by atoms with Gasteiger partial charge in [0, 0.05) is 5.69 Å². The number of benzene rings is 2. The SMILES string of the molecule is CC(C)O[C@H]1CN(C(=O)Nc2ccccc2Cc2ccccc2)C[C@@H]1O. The van der Waals surface area contributed by atoms with Crippen LogP contribution in [0.2, 0.25) is 0 Å². The minimum atomic E-state index is -0.650. The van der Waals surface area contributed by atoms with Gasteiger partial charge in [-0.15, -0.1) is 0 Å². The van der Waals surface area contributed by atoms with Gasteiger partial charge in [-0.1, -0.05) is 48.5 Å². The fourth-order valence-electron chi connectivity index (χ4n) is 3.21. The largest absolute Gasteiger partial charge is 0.388 e. The van der Waals surface area contributed by atoms with Crippen molar-refractivity contribution in [3.8, 4) is 0 Å². The normalized spacial score (nSPS) is 19.8. The van der Waals surface area contributed by atoms with Gasteiger partial charge < -0.3 is 20.1 Å². The van der Waals surface area contributed by atoms with E-state index in [4.69, 9.17) is 4.74 Å². The van der Waals surface area contributed by atoms with Crippen LogP contribution in [0.25, 0.3) is 0 Å². The molecular formula is C21H26N2O3. The fraction of sp³-hybridized carbons (Fsp3) is 0.381. The minimum absolute atomic E-state index is 0.0178. The Hall–Kier alpha value is -2.37. The van der Waals surface area contributed by atoms with E-state index in [-0.39, 0.29) is 24.8 Å². The number of anilines is 1. The number of likely N-dealkylation sites (tertiary alicyclic amines) is 1. The number of rotatable bonds is 5. The van der Waals surface area contributed by atoms with E-state index in [0.717, 1.165) is 17.7 Å². The molecule has 1 saturated heterocycles. The number of para-hydroxylation sites is 1. The third kappa shape index (κ3) is 4.62. The highest BCUT2D eigenvalue weighted by Crippen LogP contribution is 2.21. The predicted molar refractivity (Wildman–Crippen MR) is 102 cm³/mol. The van der Waals surface area contributed by atoms with E-state index in [1.807, 2.05) is 56.3 Å². The quantitative estimate of drug-likeness (QED) is 0.866. The lowest BCUT2D eigenvalue weighted by molar-refractivity contribution is -0.0393. The molecule has 5 nitrogen and oxygen atoms in total. The molecule has 5 heteroatoms. The van der Waals surface area contributed by atoms with Crippen LogP contribution in [0, 0.1) is 0 Å². The zero-order chi connectivity index (χ0) is 18.5. The van der Waals surface area contributed by atoms with Crippen molar-refractivity contribution in [3.05, 3.63) is 65.7 Å². The lowest BCUT2D eigenvalue weighted by atomic mass is 10.0. The molecule has 2 amide bonds. The molecule has 1 heterocycles. The zero-order valence-corrected chi connectivity index (χ0v) is 15.3. The molecule has 0 unspecified atom stereocenters. The third-order valence-corrected chi connectivity index (χ3v) is 4.47. The number of hydrogen-bond acceptors (Lipinski definition) is 3. The Morgan fingerprint density at radius 2 is 1.85 bits per heavy atom. The summed E-state index contributed by atoms with van der Waals surface area (Å²) in [6.45, 7) is 4.53. The van der Waals surface area contributed by atoms with Crippen molar-refractivity contribution in [2.45, 2.75) is 38.6 Å². The number of aliphatic hydroxyl groups excluding tert-OH is 1. The number of amides is 2. The summed E-state index contributed by atoms with van der Waals surface area (Å²) in [5, 5.41) is 13.1. The van der Waals surface area contributed by atoms with E-state index in [2.05, 4.69) is 17.4 Å². The first-order chi connectivity index (χ1) is 12.5. The Balaban J connectivity index is 1.67. The molecule has 2 N–H and O–H groups in total. The molecule has 138 valence electrons. The first-order valence-corrected chi connectivity index (χ1v) is 9.04. The summed E-state index contributed by atoms with van der Waals surface area (Å²) >= 11 is 0. The number of nitrogens with one attached hydrogen (secondary N) is 1. The van der Waals surface area contributed by atoms with Crippen LogP contribution in [0.3, 0.4) is 0 Å². The second-order valence-corrected chi connectivity index (χ2v) is 6.95. The average Bonchev–Trinajstić information content (AvgIpc) is 2.98. The van der Waals surface area contributed by atoms with Crippen molar-refractivity contribution in [3.63, 3.8) is 0 Å². The first kappa shape index (κ1) is 18.4. The highest BCUT2D eigenvalue weighted by Gasteiger charge is 2.35. The molecule has 0 radical (unpaired) electrons. The number of urea groups is 1. The van der Waals surface area contributed by atoms with Crippen molar-refractivity contribution in [2.75, 3.05) is 18.4 Å². The molecular weight excluding hydrogens is 328 g/mol. The molecule has 2 aromatic rings. The first-order valence-electron chi connectivity index (χ1n) is 9.04. The van der Waals surface area contributed by atoms with Crippen molar-refractivity contribution >= 4 is 11.7 Å². The lowest BCUT2D eigenvalue weighted by Crippen LogP contribution is -2.34. The van der Waals surface area contributed by atoms with Gasteiger partial charge in [-0.3, -0.25) is 0 Å². The molecule has 26 heavy (non-hydrogen) atoms. The molecule has 1 aliphatic heterocycles. The smallest absolute Gasteiger partial charge is 0.322 e. The van der Waals surface area contributed by atoms with Crippen LogP contribution in [0.1, 0.15) is 25.0 Å². The van der Waals surface area contributed by atoms with E-state index >= 15 is 0 Å². The van der Waals surface area contributed by atoms with Crippen LogP contribution in [0.4, 0.5) is 10.5 Å². The number of aliphatic hydroxyl groups is 1. The Kier molecular flexibility index (Phi) is 5.91. The number of carbonyl (C=O) groups excluding carboxylic acids is 1. The van der Waals surface area contributed by atoms with Gasteiger partial charge in [0.1, 0.15) is 6.10 Å². The molecule has 0 bridgehead atoms. The Morgan fingerprint density at radius 3 is 2.58 bits per heavy atom. The van der Waals surface area contributed by atoms with E-state index in [1.54, 1.807) is 4.90 Å². The van der Waals surface area contributed by atoms with E-state index < -0.39 is 6.10 Å². The molecule has 3 rings (SSSR count). The lowest BCUT2D eigenvalue weighted by Gasteiger charge is -2.19. The molecule has 0 saturated carbocycles. The highest BCUT2D eigenvalue weighted by molar-refractivity contribution is 5.90.